The minimum Gasteiger partial charge on any atom is -0.756 e. The highest BCUT2D eigenvalue weighted by molar-refractivity contribution is 7.45. The molecule has 9 nitrogen and oxygen atoms in total. The molecular formula is C36H66NO8P. The Bertz CT molecular complexity index is 897. The van der Waals surface area contributed by atoms with Gasteiger partial charge in [-0.2, -0.15) is 0 Å². The van der Waals surface area contributed by atoms with Gasteiger partial charge in [0.1, 0.15) is 19.8 Å². The van der Waals surface area contributed by atoms with E-state index in [-0.39, 0.29) is 26.1 Å². The van der Waals surface area contributed by atoms with Crippen molar-refractivity contribution in [3.8, 4) is 0 Å². The van der Waals surface area contributed by atoms with E-state index in [1.807, 2.05) is 21.1 Å². The largest absolute Gasteiger partial charge is 0.756 e. The molecule has 0 aliphatic heterocycles. The summed E-state index contributed by atoms with van der Waals surface area (Å²) >= 11 is 0. The van der Waals surface area contributed by atoms with E-state index in [1.54, 1.807) is 0 Å². The van der Waals surface area contributed by atoms with Crippen LogP contribution in [0.5, 0.6) is 0 Å². The van der Waals surface area contributed by atoms with Crippen LogP contribution in [0.15, 0.2) is 36.5 Å². The number of hydrogen-bond donors (Lipinski definition) is 0. The lowest BCUT2D eigenvalue weighted by Gasteiger charge is -2.28. The molecule has 0 rings (SSSR count). The summed E-state index contributed by atoms with van der Waals surface area (Å²) in [7, 11) is 1.15. The summed E-state index contributed by atoms with van der Waals surface area (Å²) in [5, 5.41) is 0. The summed E-state index contributed by atoms with van der Waals surface area (Å²) in [6.45, 7) is 4.01. The van der Waals surface area contributed by atoms with E-state index >= 15 is 0 Å². The van der Waals surface area contributed by atoms with E-state index in [0.717, 1.165) is 77.0 Å². The molecule has 0 heterocycles. The van der Waals surface area contributed by atoms with E-state index in [9.17, 15) is 19.0 Å². The third kappa shape index (κ3) is 32.2. The molecule has 2 atom stereocenters. The molecule has 46 heavy (non-hydrogen) atoms. The van der Waals surface area contributed by atoms with Gasteiger partial charge in [-0.05, 0) is 44.9 Å². The van der Waals surface area contributed by atoms with Gasteiger partial charge in [0, 0.05) is 12.8 Å². The number of phosphoric ester groups is 1. The van der Waals surface area contributed by atoms with Crippen LogP contribution in [-0.4, -0.2) is 70.0 Å². The number of carbonyl (C=O) groups is 2. The fraction of sp³-hybridized carbons (Fsp3) is 0.778. The number of allylic oxidation sites excluding steroid dienone is 6. The van der Waals surface area contributed by atoms with Crippen LogP contribution in [0, 0.1) is 0 Å². The van der Waals surface area contributed by atoms with E-state index in [0.29, 0.717) is 17.4 Å². The second-order valence-electron chi connectivity index (χ2n) is 12.9. The summed E-state index contributed by atoms with van der Waals surface area (Å²) in [4.78, 5) is 37.1. The first-order chi connectivity index (χ1) is 22.0. The Morgan fingerprint density at radius 1 is 0.696 bits per heavy atom. The highest BCUT2D eigenvalue weighted by Crippen LogP contribution is 2.38. The second kappa shape index (κ2) is 29.4. The van der Waals surface area contributed by atoms with Gasteiger partial charge in [0.2, 0.25) is 0 Å². The summed E-state index contributed by atoms with van der Waals surface area (Å²) in [6, 6.07) is 0. The molecule has 0 aromatic carbocycles. The van der Waals surface area contributed by atoms with Gasteiger partial charge in [-0.1, -0.05) is 108 Å². The van der Waals surface area contributed by atoms with Gasteiger partial charge in [-0.3, -0.25) is 14.2 Å². The standard InChI is InChI=1S/C36H66NO8P/c1-6-8-10-12-14-15-16-17-18-19-20-21-23-25-27-29-36(39)45-34(33-44-46(40,41)43-31-30-37(3,4)5)32-42-35(38)28-26-24-22-13-11-9-7-2/h8,10,14-15,17-18,34H,6-7,9,11-13,16,19-33H2,1-5H3/b10-8-,15-14-,18-17-. The number of quaternary nitrogens is 1. The molecule has 0 fully saturated rings. The van der Waals surface area contributed by atoms with E-state index < -0.39 is 32.5 Å². The summed E-state index contributed by atoms with van der Waals surface area (Å²) < 4.78 is 33.6. The van der Waals surface area contributed by atoms with Crippen molar-refractivity contribution >= 4 is 19.8 Å². The topological polar surface area (TPSA) is 111 Å². The third-order valence-corrected chi connectivity index (χ3v) is 8.14. The molecule has 0 saturated heterocycles. The highest BCUT2D eigenvalue weighted by Gasteiger charge is 2.21. The van der Waals surface area contributed by atoms with Gasteiger partial charge >= 0.3 is 11.9 Å². The molecule has 0 bridgehead atoms. The lowest BCUT2D eigenvalue weighted by molar-refractivity contribution is -0.870. The molecule has 2 unspecified atom stereocenters. The van der Waals surface area contributed by atoms with Crippen LogP contribution in [0.2, 0.25) is 0 Å². The van der Waals surface area contributed by atoms with Crippen molar-refractivity contribution in [2.24, 2.45) is 0 Å². The predicted molar refractivity (Wildman–Crippen MR) is 185 cm³/mol. The Labute approximate surface area is 281 Å². The lowest BCUT2D eigenvalue weighted by atomic mass is 10.1. The van der Waals surface area contributed by atoms with Crippen molar-refractivity contribution in [3.63, 3.8) is 0 Å². The minimum atomic E-state index is -4.61. The molecule has 0 amide bonds. The van der Waals surface area contributed by atoms with Gasteiger partial charge in [0.05, 0.1) is 27.7 Å². The van der Waals surface area contributed by atoms with Crippen LogP contribution in [0.3, 0.4) is 0 Å². The molecule has 0 spiro atoms. The number of ether oxygens (including phenoxy) is 2. The Morgan fingerprint density at radius 2 is 1.24 bits per heavy atom. The number of nitrogens with zero attached hydrogens (tertiary/aromatic N) is 1. The Balaban J connectivity index is 4.47. The quantitative estimate of drug-likeness (QED) is 0.0238. The second-order valence-corrected chi connectivity index (χ2v) is 14.3. The first-order valence-corrected chi connectivity index (χ1v) is 19.2. The lowest BCUT2D eigenvalue weighted by Crippen LogP contribution is -2.37. The van der Waals surface area contributed by atoms with Crippen molar-refractivity contribution in [1.29, 1.82) is 0 Å². The zero-order valence-electron chi connectivity index (χ0n) is 29.8. The number of carbonyl (C=O) groups excluding carboxylic acids is 2. The zero-order chi connectivity index (χ0) is 34.4. The Kier molecular flexibility index (Phi) is 28.2. The number of rotatable bonds is 31. The average Bonchev–Trinajstić information content (AvgIpc) is 2.99. The number of unbranched alkanes of at least 4 members (excludes halogenated alkanes) is 11. The molecule has 0 radical (unpaired) electrons. The van der Waals surface area contributed by atoms with Crippen LogP contribution in [-0.2, 0) is 32.7 Å². The maximum absolute atomic E-state index is 12.5. The maximum Gasteiger partial charge on any atom is 0.306 e. The van der Waals surface area contributed by atoms with Crippen LogP contribution < -0.4 is 4.89 Å². The van der Waals surface area contributed by atoms with Crippen LogP contribution in [0.1, 0.15) is 129 Å². The molecule has 0 aliphatic carbocycles. The van der Waals surface area contributed by atoms with Gasteiger partial charge in [0.25, 0.3) is 7.82 Å². The van der Waals surface area contributed by atoms with Crippen molar-refractivity contribution in [2.75, 3.05) is 47.5 Å². The third-order valence-electron chi connectivity index (χ3n) is 7.17. The fourth-order valence-corrected chi connectivity index (χ4v) is 5.10. The summed E-state index contributed by atoms with van der Waals surface area (Å²) in [5.74, 6) is -0.866. The highest BCUT2D eigenvalue weighted by atomic mass is 31.2. The van der Waals surface area contributed by atoms with Crippen LogP contribution >= 0.6 is 7.82 Å². The van der Waals surface area contributed by atoms with Gasteiger partial charge in [-0.25, -0.2) is 0 Å². The zero-order valence-corrected chi connectivity index (χ0v) is 30.7. The number of likely N-dealkylation sites (N-methyl/N-ethyl adjacent to an activating group) is 1. The van der Waals surface area contributed by atoms with Crippen LogP contribution in [0.25, 0.3) is 0 Å². The van der Waals surface area contributed by atoms with Gasteiger partial charge in [0.15, 0.2) is 6.10 Å². The molecule has 10 heteroatoms. The first kappa shape index (κ1) is 44.2. The average molecular weight is 672 g/mol. The maximum atomic E-state index is 12.5. The van der Waals surface area contributed by atoms with Crippen LogP contribution in [0.4, 0.5) is 0 Å². The summed E-state index contributed by atoms with van der Waals surface area (Å²) in [6.07, 6.45) is 29.0. The molecule has 268 valence electrons. The Morgan fingerprint density at radius 3 is 1.85 bits per heavy atom. The smallest absolute Gasteiger partial charge is 0.306 e. The molecule has 0 aromatic heterocycles. The van der Waals surface area contributed by atoms with Gasteiger partial charge < -0.3 is 27.9 Å². The van der Waals surface area contributed by atoms with Crippen molar-refractivity contribution in [3.05, 3.63) is 36.5 Å². The van der Waals surface area contributed by atoms with E-state index in [2.05, 4.69) is 50.3 Å². The van der Waals surface area contributed by atoms with Gasteiger partial charge in [-0.15, -0.1) is 0 Å². The van der Waals surface area contributed by atoms with Crippen molar-refractivity contribution in [2.45, 2.75) is 136 Å². The molecular weight excluding hydrogens is 605 g/mol. The number of phosphoric acid groups is 1. The predicted octanol–water partition coefficient (Wildman–Crippen LogP) is 8.38. The van der Waals surface area contributed by atoms with E-state index in [4.69, 9.17) is 18.5 Å². The first-order valence-electron chi connectivity index (χ1n) is 17.7. The molecule has 0 N–H and O–H groups in total. The van der Waals surface area contributed by atoms with Crippen molar-refractivity contribution in [1.82, 2.24) is 0 Å². The molecule has 0 aliphatic rings. The Hall–Kier alpha value is -1.77. The van der Waals surface area contributed by atoms with E-state index in [1.165, 1.54) is 19.3 Å². The number of esters is 2. The fourth-order valence-electron chi connectivity index (χ4n) is 4.37. The SMILES string of the molecule is CC/C=C\C/C=C\C/C=C\CCCCCCCC(=O)OC(COC(=O)CCCCCCCCC)COP(=O)([O-])OCC[N+](C)(C)C. The monoisotopic (exact) mass is 671 g/mol. The normalized spacial score (nSPS) is 14.3. The van der Waals surface area contributed by atoms with Crippen molar-refractivity contribution < 1.29 is 42.1 Å². The molecule has 0 saturated carbocycles. The number of hydrogen-bond acceptors (Lipinski definition) is 8. The molecule has 0 aromatic rings. The summed E-state index contributed by atoms with van der Waals surface area (Å²) in [5.41, 5.74) is 0. The minimum absolute atomic E-state index is 0.0347.